The number of esters is 2. The van der Waals surface area contributed by atoms with Gasteiger partial charge in [-0.25, -0.2) is 9.59 Å². The molecule has 10 nitrogen and oxygen atoms in total. The van der Waals surface area contributed by atoms with Crippen molar-refractivity contribution >= 4 is 30.0 Å². The highest BCUT2D eigenvalue weighted by Crippen LogP contribution is 2.31. The maximum atomic E-state index is 12.8. The molecule has 4 N–H and O–H groups in total. The van der Waals surface area contributed by atoms with Crippen molar-refractivity contribution in [3.05, 3.63) is 60.2 Å². The predicted molar refractivity (Wildman–Crippen MR) is 122 cm³/mol. The van der Waals surface area contributed by atoms with E-state index < -0.39 is 42.7 Å². The van der Waals surface area contributed by atoms with Gasteiger partial charge in [-0.2, -0.15) is 0 Å². The van der Waals surface area contributed by atoms with E-state index >= 15 is 0 Å². The quantitative estimate of drug-likeness (QED) is 0.322. The summed E-state index contributed by atoms with van der Waals surface area (Å²) < 4.78 is 10.1. The number of carboxylic acids is 1. The van der Waals surface area contributed by atoms with Gasteiger partial charge in [0.2, 0.25) is 12.7 Å². The van der Waals surface area contributed by atoms with Crippen LogP contribution in [0.1, 0.15) is 29.6 Å². The molecular weight excluding hydrogens is 442 g/mol. The average Bonchev–Trinajstić information content (AvgIpc) is 3.25. The Labute approximate surface area is 196 Å². The minimum Gasteiger partial charge on any atom is -0.480 e. The molecule has 0 radical (unpaired) electrons. The summed E-state index contributed by atoms with van der Waals surface area (Å²) >= 11 is 0. The number of nitrogens with zero attached hydrogens (tertiary/aromatic N) is 1. The van der Waals surface area contributed by atoms with Crippen molar-refractivity contribution in [2.24, 2.45) is 22.6 Å². The van der Waals surface area contributed by atoms with Crippen molar-refractivity contribution in [1.29, 1.82) is 0 Å². The molecule has 0 aromatic heterocycles. The Morgan fingerprint density at radius 1 is 1.09 bits per heavy atom. The second-order valence-corrected chi connectivity index (χ2v) is 8.02. The lowest BCUT2D eigenvalue weighted by molar-refractivity contribution is -0.156. The van der Waals surface area contributed by atoms with E-state index in [1.165, 1.54) is 0 Å². The fourth-order valence-electron chi connectivity index (χ4n) is 3.75. The van der Waals surface area contributed by atoms with Gasteiger partial charge in [0.05, 0.1) is 11.6 Å². The number of carbonyl (C=O) groups excluding carboxylic acids is 3. The number of ether oxygens (including phenoxy) is 2. The van der Waals surface area contributed by atoms with Gasteiger partial charge in [-0.3, -0.25) is 14.6 Å². The molecule has 2 aliphatic rings. The number of aliphatic carboxylic acids is 1. The average molecular weight is 469 g/mol. The van der Waals surface area contributed by atoms with E-state index in [0.29, 0.717) is 5.56 Å². The van der Waals surface area contributed by atoms with Gasteiger partial charge in [0, 0.05) is 24.5 Å². The first kappa shape index (κ1) is 24.8. The first-order valence-corrected chi connectivity index (χ1v) is 10.9. The first-order chi connectivity index (χ1) is 16.3. The van der Waals surface area contributed by atoms with Crippen LogP contribution in [0.2, 0.25) is 0 Å². The van der Waals surface area contributed by atoms with Crippen molar-refractivity contribution in [3.63, 3.8) is 0 Å². The number of hydrogen-bond donors (Lipinski definition) is 3. The molecule has 1 aromatic carbocycles. The Kier molecular flexibility index (Phi) is 8.69. The molecule has 1 aliphatic heterocycles. The molecule has 180 valence electrons. The van der Waals surface area contributed by atoms with Gasteiger partial charge in [0.1, 0.15) is 12.1 Å². The summed E-state index contributed by atoms with van der Waals surface area (Å²) in [6.07, 6.45) is 9.49. The predicted octanol–water partition coefficient (Wildman–Crippen LogP) is 1.22. The van der Waals surface area contributed by atoms with Crippen LogP contribution in [0.4, 0.5) is 0 Å². The summed E-state index contributed by atoms with van der Waals surface area (Å²) in [5, 5.41) is 11.5. The van der Waals surface area contributed by atoms with Gasteiger partial charge < -0.3 is 25.6 Å². The van der Waals surface area contributed by atoms with Crippen LogP contribution in [0.15, 0.2) is 59.6 Å². The second-order valence-electron chi connectivity index (χ2n) is 8.02. The number of benzene rings is 1. The summed E-state index contributed by atoms with van der Waals surface area (Å²) in [6.45, 7) is -0.615. The Hall–Kier alpha value is -3.79. The van der Waals surface area contributed by atoms with E-state index in [1.54, 1.807) is 36.5 Å². The molecule has 1 aromatic rings. The zero-order valence-corrected chi connectivity index (χ0v) is 18.4. The first-order valence-electron chi connectivity index (χ1n) is 10.9. The van der Waals surface area contributed by atoms with Gasteiger partial charge in [-0.05, 0) is 25.0 Å². The lowest BCUT2D eigenvalue weighted by Crippen LogP contribution is -2.44. The minimum absolute atomic E-state index is 0.0252. The summed E-state index contributed by atoms with van der Waals surface area (Å²) in [7, 11) is 0. The van der Waals surface area contributed by atoms with Crippen molar-refractivity contribution < 1.29 is 33.8 Å². The van der Waals surface area contributed by atoms with Gasteiger partial charge in [-0.1, -0.05) is 42.5 Å². The number of fused-ring (bicyclic) bond motifs is 1. The molecule has 1 amide bonds. The molecule has 10 heteroatoms. The molecule has 1 aliphatic carbocycles. The summed E-state index contributed by atoms with van der Waals surface area (Å²) in [5.41, 5.74) is 5.76. The van der Waals surface area contributed by atoms with Crippen molar-refractivity contribution in [1.82, 2.24) is 5.32 Å². The maximum Gasteiger partial charge on any atom is 0.340 e. The molecule has 0 saturated carbocycles. The highest BCUT2D eigenvalue weighted by Gasteiger charge is 2.35. The SMILES string of the molecule is NC(CCC(=O)NC(CC1C=NC2C=CC=CC12)C(=O)OCOC(=O)c1ccccc1)C(=O)O. The minimum atomic E-state index is -1.21. The van der Waals surface area contributed by atoms with Crippen LogP contribution in [0.5, 0.6) is 0 Å². The van der Waals surface area contributed by atoms with Crippen molar-refractivity contribution in [3.8, 4) is 0 Å². The third kappa shape index (κ3) is 6.85. The third-order valence-electron chi connectivity index (χ3n) is 5.62. The molecule has 0 bridgehead atoms. The highest BCUT2D eigenvalue weighted by atomic mass is 16.7. The van der Waals surface area contributed by atoms with E-state index in [-0.39, 0.29) is 37.1 Å². The number of aliphatic imine (C=N–C) groups is 1. The number of carboxylic acid groups (broad SMARTS) is 1. The molecule has 3 rings (SSSR count). The number of amides is 1. The Bertz CT molecular complexity index is 990. The van der Waals surface area contributed by atoms with E-state index in [2.05, 4.69) is 10.3 Å². The molecule has 0 fully saturated rings. The normalized spacial score (nSPS) is 21.9. The molecule has 34 heavy (non-hydrogen) atoms. The van der Waals surface area contributed by atoms with Crippen LogP contribution >= 0.6 is 0 Å². The van der Waals surface area contributed by atoms with Crippen LogP contribution < -0.4 is 11.1 Å². The monoisotopic (exact) mass is 469 g/mol. The largest absolute Gasteiger partial charge is 0.480 e. The van der Waals surface area contributed by atoms with Crippen LogP contribution in [-0.2, 0) is 23.9 Å². The lowest BCUT2D eigenvalue weighted by atomic mass is 9.83. The van der Waals surface area contributed by atoms with E-state index in [0.717, 1.165) is 0 Å². The summed E-state index contributed by atoms with van der Waals surface area (Å²) in [6, 6.07) is 5.98. The standard InChI is InChI=1S/C24H27N3O7/c25-18(22(29)30)10-11-21(28)27-20(12-16-13-26-19-9-5-4-8-17(16)19)24(32)34-14-33-23(31)15-6-2-1-3-7-15/h1-9,13,16-20H,10-12,14,25H2,(H,27,28)(H,29,30). The van der Waals surface area contributed by atoms with Crippen LogP contribution in [0, 0.1) is 11.8 Å². The smallest absolute Gasteiger partial charge is 0.340 e. The summed E-state index contributed by atoms with van der Waals surface area (Å²) in [5.74, 6) is -3.25. The maximum absolute atomic E-state index is 12.8. The lowest BCUT2D eigenvalue weighted by Gasteiger charge is -2.25. The zero-order valence-electron chi connectivity index (χ0n) is 18.4. The molecule has 0 spiro atoms. The number of rotatable bonds is 11. The molecule has 5 atom stereocenters. The summed E-state index contributed by atoms with van der Waals surface area (Å²) in [4.78, 5) is 52.5. The number of nitrogens with one attached hydrogen (secondary N) is 1. The topological polar surface area (TPSA) is 157 Å². The second kappa shape index (κ2) is 11.9. The zero-order chi connectivity index (χ0) is 24.5. The van der Waals surface area contributed by atoms with Gasteiger partial charge in [0.25, 0.3) is 0 Å². The van der Waals surface area contributed by atoms with Crippen molar-refractivity contribution in [2.75, 3.05) is 6.79 Å². The van der Waals surface area contributed by atoms with Gasteiger partial charge in [0.15, 0.2) is 0 Å². The Morgan fingerprint density at radius 3 is 2.56 bits per heavy atom. The van der Waals surface area contributed by atoms with E-state index in [4.69, 9.17) is 20.3 Å². The highest BCUT2D eigenvalue weighted by molar-refractivity contribution is 5.89. The van der Waals surface area contributed by atoms with E-state index in [9.17, 15) is 19.2 Å². The molecular formula is C24H27N3O7. The fraction of sp³-hybridized carbons (Fsp3) is 0.375. The molecule has 5 unspecified atom stereocenters. The number of nitrogens with two attached hydrogens (primary N) is 1. The number of allylic oxidation sites excluding steroid dienone is 2. The molecule has 1 heterocycles. The Morgan fingerprint density at radius 2 is 1.82 bits per heavy atom. The van der Waals surface area contributed by atoms with Gasteiger partial charge >= 0.3 is 17.9 Å². The molecule has 0 saturated heterocycles. The van der Waals surface area contributed by atoms with Crippen molar-refractivity contribution in [2.45, 2.75) is 37.4 Å². The van der Waals surface area contributed by atoms with Crippen LogP contribution in [-0.4, -0.2) is 60.1 Å². The Balaban J connectivity index is 1.58. The van der Waals surface area contributed by atoms with E-state index in [1.807, 2.05) is 24.3 Å². The number of hydrogen-bond acceptors (Lipinski definition) is 8. The van der Waals surface area contributed by atoms with Gasteiger partial charge in [-0.15, -0.1) is 0 Å². The van der Waals surface area contributed by atoms with Crippen LogP contribution in [0.25, 0.3) is 0 Å². The van der Waals surface area contributed by atoms with Crippen LogP contribution in [0.3, 0.4) is 0 Å². The fourth-order valence-corrected chi connectivity index (χ4v) is 3.75. The third-order valence-corrected chi connectivity index (χ3v) is 5.62. The number of carbonyl (C=O) groups is 4.